The number of aromatic amines is 1. The number of rotatable bonds is 7. The standard InChI is InChI=1S/C20H17FN6O5S/c21-13-6-15(9-22-8-13)27-10-14(25-26-27)11-33(31,32)4-3-23-20(30)12-1-2-17-16(5-12)18(28)7-19(29)24-17/h1-2,5-10H,3-4,11H2,(H,23,30)(H2,24,28,29). The molecule has 4 rings (SSSR count). The van der Waals surface area contributed by atoms with Gasteiger partial charge in [0.1, 0.15) is 11.6 Å². The summed E-state index contributed by atoms with van der Waals surface area (Å²) in [5, 5.41) is 20.3. The zero-order chi connectivity index (χ0) is 23.6. The summed E-state index contributed by atoms with van der Waals surface area (Å²) in [6, 6.07) is 6.49. The summed E-state index contributed by atoms with van der Waals surface area (Å²) >= 11 is 0. The van der Waals surface area contributed by atoms with Gasteiger partial charge in [0.15, 0.2) is 9.84 Å². The number of fused-ring (bicyclic) bond motifs is 1. The molecule has 3 aromatic heterocycles. The van der Waals surface area contributed by atoms with Crippen molar-refractivity contribution in [1.29, 1.82) is 0 Å². The van der Waals surface area contributed by atoms with Crippen LogP contribution in [0.15, 0.2) is 53.7 Å². The maximum absolute atomic E-state index is 13.3. The first kappa shape index (κ1) is 22.1. The average molecular weight is 472 g/mol. The van der Waals surface area contributed by atoms with Crippen molar-refractivity contribution in [2.75, 3.05) is 12.3 Å². The van der Waals surface area contributed by atoms with Gasteiger partial charge >= 0.3 is 0 Å². The van der Waals surface area contributed by atoms with Crippen LogP contribution in [0.5, 0.6) is 5.75 Å². The molecule has 4 aromatic rings. The molecule has 0 saturated heterocycles. The predicted molar refractivity (Wildman–Crippen MR) is 115 cm³/mol. The number of benzene rings is 1. The topological polar surface area (TPSA) is 160 Å². The largest absolute Gasteiger partial charge is 0.507 e. The maximum Gasteiger partial charge on any atom is 0.252 e. The molecule has 0 aliphatic heterocycles. The number of nitrogens with one attached hydrogen (secondary N) is 2. The van der Waals surface area contributed by atoms with E-state index in [9.17, 15) is 27.5 Å². The van der Waals surface area contributed by atoms with E-state index in [1.807, 2.05) is 0 Å². The third kappa shape index (κ3) is 5.20. The normalized spacial score (nSPS) is 11.5. The van der Waals surface area contributed by atoms with Crippen LogP contribution < -0.4 is 10.9 Å². The van der Waals surface area contributed by atoms with Gasteiger partial charge < -0.3 is 15.4 Å². The number of hydrogen-bond acceptors (Lipinski definition) is 8. The number of pyridine rings is 2. The van der Waals surface area contributed by atoms with Gasteiger partial charge in [-0.05, 0) is 18.2 Å². The number of halogens is 1. The van der Waals surface area contributed by atoms with Crippen LogP contribution in [0.25, 0.3) is 16.6 Å². The number of sulfone groups is 1. The number of carbonyl (C=O) groups is 1. The summed E-state index contributed by atoms with van der Waals surface area (Å²) in [5.41, 5.74) is 0.527. The lowest BCUT2D eigenvalue weighted by atomic mass is 10.1. The Bertz CT molecular complexity index is 1510. The van der Waals surface area contributed by atoms with Crippen LogP contribution in [0.2, 0.25) is 0 Å². The van der Waals surface area contributed by atoms with Gasteiger partial charge in [-0.25, -0.2) is 17.5 Å². The SMILES string of the molecule is O=C(NCCS(=O)(=O)Cc1cn(-c2cncc(F)c2)nn1)c1ccc2[nH]c(=O)cc(O)c2c1. The van der Waals surface area contributed by atoms with E-state index < -0.39 is 32.9 Å². The molecule has 0 aliphatic carbocycles. The molecule has 0 atom stereocenters. The third-order valence-corrected chi connectivity index (χ3v) is 6.21. The first-order valence-corrected chi connectivity index (χ1v) is 11.4. The highest BCUT2D eigenvalue weighted by atomic mass is 32.2. The van der Waals surface area contributed by atoms with Crippen LogP contribution in [0.1, 0.15) is 16.1 Å². The molecule has 1 amide bonds. The first-order valence-electron chi connectivity index (χ1n) is 9.57. The van der Waals surface area contributed by atoms with E-state index in [-0.39, 0.29) is 34.7 Å². The smallest absolute Gasteiger partial charge is 0.252 e. The molecule has 11 nitrogen and oxygen atoms in total. The van der Waals surface area contributed by atoms with Crippen LogP contribution in [0, 0.1) is 5.82 Å². The van der Waals surface area contributed by atoms with Crippen molar-refractivity contribution in [3.63, 3.8) is 0 Å². The van der Waals surface area contributed by atoms with Gasteiger partial charge in [0, 0.05) is 29.6 Å². The number of hydrogen-bond donors (Lipinski definition) is 3. The van der Waals surface area contributed by atoms with Crippen molar-refractivity contribution in [3.8, 4) is 11.4 Å². The van der Waals surface area contributed by atoms with E-state index >= 15 is 0 Å². The van der Waals surface area contributed by atoms with Crippen molar-refractivity contribution in [1.82, 2.24) is 30.3 Å². The Labute approximate surface area is 185 Å². The van der Waals surface area contributed by atoms with Crippen LogP contribution in [-0.4, -0.2) is 56.7 Å². The molecule has 0 bridgehead atoms. The molecule has 13 heteroatoms. The fourth-order valence-electron chi connectivity index (χ4n) is 3.11. The van der Waals surface area contributed by atoms with Crippen molar-refractivity contribution in [3.05, 3.63) is 76.4 Å². The van der Waals surface area contributed by atoms with Crippen molar-refractivity contribution in [2.24, 2.45) is 0 Å². The maximum atomic E-state index is 13.3. The Hall–Kier alpha value is -4.13. The molecule has 33 heavy (non-hydrogen) atoms. The van der Waals surface area contributed by atoms with Gasteiger partial charge in [-0.2, -0.15) is 0 Å². The monoisotopic (exact) mass is 472 g/mol. The van der Waals surface area contributed by atoms with Crippen LogP contribution in [0.3, 0.4) is 0 Å². The highest BCUT2D eigenvalue weighted by Crippen LogP contribution is 2.22. The molecular formula is C20H17FN6O5S. The lowest BCUT2D eigenvalue weighted by Crippen LogP contribution is -2.29. The molecule has 0 spiro atoms. The second-order valence-corrected chi connectivity index (χ2v) is 9.33. The minimum Gasteiger partial charge on any atom is -0.507 e. The fraction of sp³-hybridized carbons (Fsp3) is 0.150. The molecule has 0 aliphatic rings. The quantitative estimate of drug-likeness (QED) is 0.354. The minimum absolute atomic E-state index is 0.154. The highest BCUT2D eigenvalue weighted by molar-refractivity contribution is 7.90. The molecule has 1 aromatic carbocycles. The van der Waals surface area contributed by atoms with E-state index in [4.69, 9.17) is 0 Å². The van der Waals surface area contributed by atoms with Gasteiger partial charge in [-0.15, -0.1) is 5.10 Å². The van der Waals surface area contributed by atoms with Crippen LogP contribution >= 0.6 is 0 Å². The number of aromatic hydroxyl groups is 1. The number of nitrogens with zero attached hydrogens (tertiary/aromatic N) is 4. The number of amides is 1. The molecular weight excluding hydrogens is 455 g/mol. The Morgan fingerprint density at radius 2 is 2.03 bits per heavy atom. The molecule has 3 heterocycles. The van der Waals surface area contributed by atoms with E-state index in [0.717, 1.165) is 12.3 Å². The average Bonchev–Trinajstić information content (AvgIpc) is 3.21. The summed E-state index contributed by atoms with van der Waals surface area (Å²) < 4.78 is 39.3. The predicted octanol–water partition coefficient (Wildman–Crippen LogP) is 0.693. The molecule has 0 fully saturated rings. The van der Waals surface area contributed by atoms with Crippen LogP contribution in [0.4, 0.5) is 4.39 Å². The second kappa shape index (κ2) is 8.78. The third-order valence-electron chi connectivity index (χ3n) is 4.65. The van der Waals surface area contributed by atoms with Gasteiger partial charge in [0.2, 0.25) is 0 Å². The second-order valence-electron chi connectivity index (χ2n) is 7.14. The van der Waals surface area contributed by atoms with Gasteiger partial charge in [0.25, 0.3) is 11.5 Å². The lowest BCUT2D eigenvalue weighted by molar-refractivity contribution is 0.0956. The van der Waals surface area contributed by atoms with Crippen molar-refractivity contribution < 1.29 is 22.7 Å². The van der Waals surface area contributed by atoms with Crippen LogP contribution in [-0.2, 0) is 15.6 Å². The Morgan fingerprint density at radius 1 is 1.21 bits per heavy atom. The fourth-order valence-corrected chi connectivity index (χ4v) is 4.25. The minimum atomic E-state index is -3.64. The molecule has 0 saturated carbocycles. The van der Waals surface area contributed by atoms with Crippen molar-refractivity contribution >= 4 is 26.6 Å². The first-order chi connectivity index (χ1) is 15.7. The Balaban J connectivity index is 1.37. The Morgan fingerprint density at radius 3 is 2.82 bits per heavy atom. The molecule has 0 unspecified atom stereocenters. The molecule has 170 valence electrons. The number of H-pyrrole nitrogens is 1. The zero-order valence-electron chi connectivity index (χ0n) is 16.9. The van der Waals surface area contributed by atoms with E-state index in [0.29, 0.717) is 11.2 Å². The molecule has 3 N–H and O–H groups in total. The number of carbonyl (C=O) groups excluding carboxylic acids is 1. The van der Waals surface area contributed by atoms with Gasteiger partial charge in [0.05, 0.1) is 47.0 Å². The summed E-state index contributed by atoms with van der Waals surface area (Å²) in [5.74, 6) is -2.14. The Kier molecular flexibility index (Phi) is 5.87. The van der Waals surface area contributed by atoms with Gasteiger partial charge in [-0.1, -0.05) is 5.21 Å². The summed E-state index contributed by atoms with van der Waals surface area (Å²) in [6.07, 6.45) is 3.75. The van der Waals surface area contributed by atoms with E-state index in [2.05, 4.69) is 25.6 Å². The zero-order valence-corrected chi connectivity index (χ0v) is 17.7. The number of aromatic nitrogens is 5. The van der Waals surface area contributed by atoms with E-state index in [1.165, 1.54) is 41.3 Å². The summed E-state index contributed by atoms with van der Waals surface area (Å²) in [7, 11) is -3.64. The lowest BCUT2D eigenvalue weighted by Gasteiger charge is -2.07. The molecule has 0 radical (unpaired) electrons. The summed E-state index contributed by atoms with van der Waals surface area (Å²) in [4.78, 5) is 30.0. The van der Waals surface area contributed by atoms with Crippen molar-refractivity contribution in [2.45, 2.75) is 5.75 Å². The van der Waals surface area contributed by atoms with E-state index in [1.54, 1.807) is 0 Å². The van der Waals surface area contributed by atoms with Gasteiger partial charge in [-0.3, -0.25) is 14.6 Å². The highest BCUT2D eigenvalue weighted by Gasteiger charge is 2.17. The summed E-state index contributed by atoms with van der Waals surface area (Å²) in [6.45, 7) is -0.154.